The van der Waals surface area contributed by atoms with Gasteiger partial charge in [0.25, 0.3) is 5.56 Å². The largest absolute Gasteiger partial charge is 0.376 e. The van der Waals surface area contributed by atoms with Crippen LogP contribution in [-0.2, 0) is 22.7 Å². The van der Waals surface area contributed by atoms with Crippen molar-refractivity contribution < 1.29 is 9.47 Å². The van der Waals surface area contributed by atoms with Crippen LogP contribution in [-0.4, -0.2) is 27.5 Å². The van der Waals surface area contributed by atoms with E-state index in [1.807, 2.05) is 60.7 Å². The lowest BCUT2D eigenvalue weighted by Gasteiger charge is -2.19. The lowest BCUT2D eigenvalue weighted by Crippen LogP contribution is -2.32. The molecule has 0 amide bonds. The van der Waals surface area contributed by atoms with Crippen molar-refractivity contribution in [2.24, 2.45) is 0 Å². The average molecular weight is 439 g/mol. The molecule has 31 heavy (non-hydrogen) atoms. The van der Waals surface area contributed by atoms with Crippen molar-refractivity contribution in [3.05, 3.63) is 104 Å². The van der Waals surface area contributed by atoms with Gasteiger partial charge >= 0.3 is 5.69 Å². The van der Waals surface area contributed by atoms with E-state index >= 15 is 0 Å². The molecule has 2 heterocycles. The number of H-pyrrole nitrogens is 1. The summed E-state index contributed by atoms with van der Waals surface area (Å²) in [5.74, 6) is 0. The van der Waals surface area contributed by atoms with E-state index in [-0.39, 0.29) is 28.0 Å². The van der Waals surface area contributed by atoms with Gasteiger partial charge in [0, 0.05) is 18.2 Å². The summed E-state index contributed by atoms with van der Waals surface area (Å²) in [4.78, 5) is 26.5. The lowest BCUT2D eigenvalue weighted by molar-refractivity contribution is 0.0134. The van der Waals surface area contributed by atoms with E-state index in [1.54, 1.807) is 29.4 Å². The summed E-state index contributed by atoms with van der Waals surface area (Å²) < 4.78 is 13.9. The Bertz CT molecular complexity index is 1100. The summed E-state index contributed by atoms with van der Waals surface area (Å²) in [6, 6.07) is 20.1. The van der Waals surface area contributed by atoms with Gasteiger partial charge < -0.3 is 9.47 Å². The number of aromatic amines is 1. The quantitative estimate of drug-likeness (QED) is 0.581. The third-order valence-electron chi connectivity index (χ3n) is 5.34. The standard InChI is InChI=1S/C24H26N2O4S/c1-17-13-26(24(28)25-23(17)27)22-12-20(30-15-19-10-6-3-7-11-19)21(31-22)16-29-14-18-8-4-2-5-9-18/h2-11,13,20-22H,12,14-16H2,1H3,(H,25,27,28)/t20-,21+,22+/m0/s1. The second-order valence-electron chi connectivity index (χ2n) is 7.68. The molecule has 1 aliphatic heterocycles. The van der Waals surface area contributed by atoms with Gasteiger partial charge in [0.15, 0.2) is 0 Å². The van der Waals surface area contributed by atoms with Gasteiger partial charge in [-0.1, -0.05) is 60.7 Å². The number of aromatic nitrogens is 2. The van der Waals surface area contributed by atoms with Crippen LogP contribution in [0.2, 0.25) is 0 Å². The number of hydrogen-bond donors (Lipinski definition) is 1. The van der Waals surface area contributed by atoms with Crippen molar-refractivity contribution >= 4 is 11.8 Å². The maximum absolute atomic E-state index is 12.4. The number of nitrogens with one attached hydrogen (secondary N) is 1. The van der Waals surface area contributed by atoms with Gasteiger partial charge in [0.05, 0.1) is 36.5 Å². The molecule has 0 saturated carbocycles. The van der Waals surface area contributed by atoms with Crippen LogP contribution in [0.25, 0.3) is 0 Å². The number of aryl methyl sites for hydroxylation is 1. The molecule has 1 aliphatic rings. The van der Waals surface area contributed by atoms with Crippen molar-refractivity contribution in [1.82, 2.24) is 9.55 Å². The Morgan fingerprint density at radius 2 is 1.65 bits per heavy atom. The van der Waals surface area contributed by atoms with Gasteiger partial charge in [-0.15, -0.1) is 11.8 Å². The van der Waals surface area contributed by atoms with Gasteiger partial charge in [0.1, 0.15) is 0 Å². The SMILES string of the molecule is Cc1cn([C@H]2C[C@H](OCc3ccccc3)[C@@H](COCc3ccccc3)S2)c(=O)[nH]c1=O. The van der Waals surface area contributed by atoms with E-state index in [0.29, 0.717) is 31.8 Å². The molecule has 1 aromatic heterocycles. The number of ether oxygens (including phenoxy) is 2. The Morgan fingerprint density at radius 1 is 1.00 bits per heavy atom. The fourth-order valence-electron chi connectivity index (χ4n) is 3.64. The third kappa shape index (κ3) is 5.55. The molecule has 3 aromatic rings. The number of thioether (sulfide) groups is 1. The Labute approximate surface area is 185 Å². The summed E-state index contributed by atoms with van der Waals surface area (Å²) in [5.41, 5.74) is 2.02. The molecule has 162 valence electrons. The first-order valence-corrected chi connectivity index (χ1v) is 11.3. The Hall–Kier alpha value is -2.61. The smallest absolute Gasteiger partial charge is 0.329 e. The highest BCUT2D eigenvalue weighted by Gasteiger charge is 2.37. The highest BCUT2D eigenvalue weighted by Crippen LogP contribution is 2.42. The number of hydrogen-bond acceptors (Lipinski definition) is 5. The predicted molar refractivity (Wildman–Crippen MR) is 122 cm³/mol. The molecule has 1 saturated heterocycles. The van der Waals surface area contributed by atoms with Crippen molar-refractivity contribution in [3.8, 4) is 0 Å². The van der Waals surface area contributed by atoms with Crippen molar-refractivity contribution in [2.75, 3.05) is 6.61 Å². The first kappa shape index (κ1) is 21.6. The molecule has 7 heteroatoms. The first-order chi connectivity index (χ1) is 15.1. The van der Waals surface area contributed by atoms with Crippen LogP contribution in [0.4, 0.5) is 0 Å². The highest BCUT2D eigenvalue weighted by atomic mass is 32.2. The molecule has 0 spiro atoms. The molecule has 1 fully saturated rings. The molecule has 6 nitrogen and oxygen atoms in total. The Kier molecular flexibility index (Phi) is 7.06. The van der Waals surface area contributed by atoms with E-state index in [1.165, 1.54) is 0 Å². The molecule has 0 aliphatic carbocycles. The van der Waals surface area contributed by atoms with Crippen molar-refractivity contribution in [3.63, 3.8) is 0 Å². The summed E-state index contributed by atoms with van der Waals surface area (Å²) in [6.07, 6.45) is 2.24. The lowest BCUT2D eigenvalue weighted by atomic mass is 10.1. The second-order valence-corrected chi connectivity index (χ2v) is 9.10. The van der Waals surface area contributed by atoms with Crippen LogP contribution in [0, 0.1) is 6.92 Å². The van der Waals surface area contributed by atoms with Gasteiger partial charge in [-0.3, -0.25) is 14.3 Å². The van der Waals surface area contributed by atoms with Crippen LogP contribution >= 0.6 is 11.8 Å². The van der Waals surface area contributed by atoms with E-state index in [9.17, 15) is 9.59 Å². The molecule has 0 bridgehead atoms. The van der Waals surface area contributed by atoms with Crippen LogP contribution < -0.4 is 11.2 Å². The predicted octanol–water partition coefficient (Wildman–Crippen LogP) is 3.65. The molecule has 0 radical (unpaired) electrons. The average Bonchev–Trinajstić information content (AvgIpc) is 3.19. The Balaban J connectivity index is 1.46. The second kappa shape index (κ2) is 10.1. The molecule has 2 aromatic carbocycles. The summed E-state index contributed by atoms with van der Waals surface area (Å²) in [5, 5.41) is -0.0364. The van der Waals surface area contributed by atoms with Gasteiger partial charge in [-0.25, -0.2) is 4.79 Å². The minimum atomic E-state index is -0.388. The summed E-state index contributed by atoms with van der Waals surface area (Å²) in [6.45, 7) is 3.27. The van der Waals surface area contributed by atoms with Crippen LogP contribution in [0.3, 0.4) is 0 Å². The number of nitrogens with zero attached hydrogens (tertiary/aromatic N) is 1. The van der Waals surface area contributed by atoms with E-state index in [0.717, 1.165) is 11.1 Å². The van der Waals surface area contributed by atoms with Gasteiger partial charge in [-0.2, -0.15) is 0 Å². The van der Waals surface area contributed by atoms with Crippen LogP contribution in [0.1, 0.15) is 28.5 Å². The van der Waals surface area contributed by atoms with Crippen LogP contribution in [0.15, 0.2) is 76.4 Å². The van der Waals surface area contributed by atoms with Crippen molar-refractivity contribution in [2.45, 2.75) is 43.3 Å². The fourth-order valence-corrected chi connectivity index (χ4v) is 5.17. The minimum absolute atomic E-state index is 0.0647. The molecule has 3 atom stereocenters. The normalized spacial score (nSPS) is 20.7. The van der Waals surface area contributed by atoms with Gasteiger partial charge in [0.2, 0.25) is 0 Å². The van der Waals surface area contributed by atoms with E-state index in [2.05, 4.69) is 4.98 Å². The maximum Gasteiger partial charge on any atom is 0.329 e. The van der Waals surface area contributed by atoms with Gasteiger partial charge in [-0.05, 0) is 18.1 Å². The van der Waals surface area contributed by atoms with E-state index < -0.39 is 0 Å². The number of rotatable bonds is 8. The summed E-state index contributed by atoms with van der Waals surface area (Å²) >= 11 is 1.66. The molecular formula is C24H26N2O4S. The summed E-state index contributed by atoms with van der Waals surface area (Å²) in [7, 11) is 0. The van der Waals surface area contributed by atoms with Crippen molar-refractivity contribution in [1.29, 1.82) is 0 Å². The highest BCUT2D eigenvalue weighted by molar-refractivity contribution is 8.00. The topological polar surface area (TPSA) is 73.3 Å². The molecule has 1 N–H and O–H groups in total. The van der Waals surface area contributed by atoms with E-state index in [4.69, 9.17) is 9.47 Å². The monoisotopic (exact) mass is 438 g/mol. The molecule has 0 unspecified atom stereocenters. The fraction of sp³-hybridized carbons (Fsp3) is 0.333. The Morgan fingerprint density at radius 3 is 2.32 bits per heavy atom. The third-order valence-corrected chi connectivity index (χ3v) is 6.86. The zero-order valence-electron chi connectivity index (χ0n) is 17.4. The van der Waals surface area contributed by atoms with Crippen LogP contribution in [0.5, 0.6) is 0 Å². The molecular weight excluding hydrogens is 412 g/mol. The zero-order valence-corrected chi connectivity index (χ0v) is 18.2. The minimum Gasteiger partial charge on any atom is -0.376 e. The molecule has 4 rings (SSSR count). The maximum atomic E-state index is 12.4. The number of benzene rings is 2. The first-order valence-electron chi connectivity index (χ1n) is 10.3. The zero-order chi connectivity index (χ0) is 21.6.